The number of aliphatic hydroxyl groups excluding tert-OH is 1. The second-order valence-electron chi connectivity index (χ2n) is 7.43. The maximum Gasteiger partial charge on any atom is 0.230 e. The zero-order valence-corrected chi connectivity index (χ0v) is 18.3. The van der Waals surface area contributed by atoms with Gasteiger partial charge in [0.05, 0.1) is 41.5 Å². The number of carbonyl (C=O) groups is 2. The van der Waals surface area contributed by atoms with Crippen LogP contribution >= 0.6 is 11.6 Å². The van der Waals surface area contributed by atoms with E-state index in [2.05, 4.69) is 25.3 Å². The lowest BCUT2D eigenvalue weighted by Gasteiger charge is -2.10. The Bertz CT molecular complexity index is 1340. The number of ketones is 1. The second kappa shape index (κ2) is 9.31. The normalized spacial score (nSPS) is 12.0. The Balaban J connectivity index is 1.59. The van der Waals surface area contributed by atoms with Crippen LogP contribution in [0.25, 0.3) is 11.0 Å². The van der Waals surface area contributed by atoms with Crippen LogP contribution in [0.4, 0.5) is 11.6 Å². The highest BCUT2D eigenvalue weighted by molar-refractivity contribution is 6.30. The van der Waals surface area contributed by atoms with Gasteiger partial charge in [0.25, 0.3) is 0 Å². The Hall–Kier alpha value is -3.89. The molecule has 4 aromatic heterocycles. The van der Waals surface area contributed by atoms with Crippen molar-refractivity contribution in [3.05, 3.63) is 71.0 Å². The predicted molar refractivity (Wildman–Crippen MR) is 123 cm³/mol. The predicted octanol–water partition coefficient (Wildman–Crippen LogP) is 2.42. The largest absolute Gasteiger partial charge is 0.394 e. The first-order chi connectivity index (χ1) is 15.9. The zero-order valence-electron chi connectivity index (χ0n) is 17.6. The van der Waals surface area contributed by atoms with Crippen LogP contribution in [-0.2, 0) is 11.2 Å². The third-order valence-electron chi connectivity index (χ3n) is 4.99. The molecule has 10 nitrogen and oxygen atoms in total. The molecule has 11 heteroatoms. The Morgan fingerprint density at radius 3 is 2.76 bits per heavy atom. The van der Waals surface area contributed by atoms with E-state index >= 15 is 0 Å². The van der Waals surface area contributed by atoms with Crippen LogP contribution in [0.2, 0.25) is 5.02 Å². The van der Waals surface area contributed by atoms with Crippen LogP contribution in [0.5, 0.6) is 0 Å². The van der Waals surface area contributed by atoms with Crippen molar-refractivity contribution >= 4 is 46.0 Å². The third kappa shape index (κ3) is 4.81. The molecule has 0 saturated carbocycles. The van der Waals surface area contributed by atoms with Crippen molar-refractivity contribution in [2.24, 2.45) is 0 Å². The smallest absolute Gasteiger partial charge is 0.230 e. The van der Waals surface area contributed by atoms with Gasteiger partial charge in [-0.15, -0.1) is 0 Å². The summed E-state index contributed by atoms with van der Waals surface area (Å²) in [7, 11) is 0. The zero-order chi connectivity index (χ0) is 23.5. The Morgan fingerprint density at radius 1 is 1.21 bits per heavy atom. The monoisotopic (exact) mass is 465 g/mol. The summed E-state index contributed by atoms with van der Waals surface area (Å²) in [6, 6.07) is 4.54. The summed E-state index contributed by atoms with van der Waals surface area (Å²) >= 11 is 5.82. The van der Waals surface area contributed by atoms with Crippen LogP contribution in [0.1, 0.15) is 34.6 Å². The number of fused-ring (bicyclic) bond motifs is 1. The highest BCUT2D eigenvalue weighted by atomic mass is 35.5. The average molecular weight is 466 g/mol. The number of nitrogens with two attached hydrogens (primary N) is 1. The number of aliphatic hydroxyl groups is 1. The number of nitrogen functional groups attached to an aromatic ring is 1. The SMILES string of the molecule is CC(CO)n1cc(C(=O)c2cncc(NC(=O)Cc3ccc(Cl)cn3)c2)c2cnc(N)nc21. The Labute approximate surface area is 193 Å². The summed E-state index contributed by atoms with van der Waals surface area (Å²) in [6.45, 7) is 1.64. The quantitative estimate of drug-likeness (QED) is 0.352. The number of nitrogens with one attached hydrogen (secondary N) is 1. The molecular weight excluding hydrogens is 446 g/mol. The minimum Gasteiger partial charge on any atom is -0.394 e. The van der Waals surface area contributed by atoms with E-state index in [0.29, 0.717) is 33.0 Å². The molecule has 1 amide bonds. The van der Waals surface area contributed by atoms with Gasteiger partial charge in [-0.25, -0.2) is 4.98 Å². The molecule has 0 aliphatic rings. The van der Waals surface area contributed by atoms with Gasteiger partial charge < -0.3 is 20.7 Å². The number of hydrogen-bond donors (Lipinski definition) is 3. The van der Waals surface area contributed by atoms with Crippen LogP contribution in [0, 0.1) is 0 Å². The van der Waals surface area contributed by atoms with Crippen LogP contribution in [-0.4, -0.2) is 47.9 Å². The van der Waals surface area contributed by atoms with Gasteiger partial charge >= 0.3 is 0 Å². The summed E-state index contributed by atoms with van der Waals surface area (Å²) in [5.41, 5.74) is 7.69. The molecule has 33 heavy (non-hydrogen) atoms. The van der Waals surface area contributed by atoms with Crippen molar-refractivity contribution in [2.75, 3.05) is 17.7 Å². The molecular formula is C22H20ClN7O3. The van der Waals surface area contributed by atoms with Crippen molar-refractivity contribution < 1.29 is 14.7 Å². The standard InChI is InChI=1S/C22H20ClN7O3/c1-12(11-31)30-10-18(17-9-27-22(24)29-21(17)30)20(33)13-4-16(8-25-6-13)28-19(32)5-15-3-2-14(23)7-26-15/h2-4,6-10,12,31H,5,11H2,1H3,(H,28,32)(H2,24,27,29). The van der Waals surface area contributed by atoms with Gasteiger partial charge in [0.2, 0.25) is 11.9 Å². The van der Waals surface area contributed by atoms with Gasteiger partial charge in [-0.1, -0.05) is 11.6 Å². The molecule has 4 heterocycles. The fourth-order valence-electron chi connectivity index (χ4n) is 3.32. The average Bonchev–Trinajstić information content (AvgIpc) is 3.18. The van der Waals surface area contributed by atoms with Gasteiger partial charge in [-0.2, -0.15) is 4.98 Å². The van der Waals surface area contributed by atoms with E-state index in [4.69, 9.17) is 17.3 Å². The minimum atomic E-state index is -0.333. The number of hydrogen-bond acceptors (Lipinski definition) is 8. The van der Waals surface area contributed by atoms with Crippen LogP contribution in [0.15, 0.2) is 49.2 Å². The Morgan fingerprint density at radius 2 is 2.03 bits per heavy atom. The number of amides is 1. The van der Waals surface area contributed by atoms with E-state index in [9.17, 15) is 14.7 Å². The number of carbonyl (C=O) groups excluding carboxylic acids is 2. The van der Waals surface area contributed by atoms with Crippen molar-refractivity contribution in [3.8, 4) is 0 Å². The minimum absolute atomic E-state index is 0.0423. The molecule has 0 bridgehead atoms. The molecule has 0 saturated heterocycles. The summed E-state index contributed by atoms with van der Waals surface area (Å²) in [5.74, 6) is -0.582. The molecule has 4 aromatic rings. The van der Waals surface area contributed by atoms with Gasteiger partial charge in [-0.05, 0) is 25.1 Å². The number of nitrogens with zero attached hydrogens (tertiary/aromatic N) is 5. The fraction of sp³-hybridized carbons (Fsp3) is 0.182. The van der Waals surface area contributed by atoms with E-state index < -0.39 is 0 Å². The van der Waals surface area contributed by atoms with Crippen LogP contribution < -0.4 is 11.1 Å². The number of halogens is 1. The van der Waals surface area contributed by atoms with Crippen molar-refractivity contribution in [3.63, 3.8) is 0 Å². The number of rotatable bonds is 7. The molecule has 168 valence electrons. The molecule has 0 radical (unpaired) electrons. The van der Waals surface area contributed by atoms with E-state index in [-0.39, 0.29) is 42.3 Å². The van der Waals surface area contributed by atoms with Crippen molar-refractivity contribution in [1.82, 2.24) is 24.5 Å². The molecule has 0 aromatic carbocycles. The van der Waals surface area contributed by atoms with Gasteiger partial charge in [-0.3, -0.25) is 19.6 Å². The summed E-state index contributed by atoms with van der Waals surface area (Å²) in [4.78, 5) is 42.1. The molecule has 1 unspecified atom stereocenters. The molecule has 4 rings (SSSR count). The van der Waals surface area contributed by atoms with E-state index in [1.54, 1.807) is 35.9 Å². The molecule has 0 aliphatic carbocycles. The summed E-state index contributed by atoms with van der Waals surface area (Å²) < 4.78 is 1.68. The second-order valence-corrected chi connectivity index (χ2v) is 7.87. The Kier molecular flexibility index (Phi) is 6.29. The fourth-order valence-corrected chi connectivity index (χ4v) is 3.43. The molecule has 0 spiro atoms. The van der Waals surface area contributed by atoms with Gasteiger partial charge in [0.15, 0.2) is 5.78 Å². The van der Waals surface area contributed by atoms with Gasteiger partial charge in [0, 0.05) is 41.4 Å². The molecule has 0 aliphatic heterocycles. The number of anilines is 2. The first-order valence-electron chi connectivity index (χ1n) is 9.99. The highest BCUT2D eigenvalue weighted by Gasteiger charge is 2.21. The first-order valence-corrected chi connectivity index (χ1v) is 10.4. The molecule has 0 fully saturated rings. The lowest BCUT2D eigenvalue weighted by atomic mass is 10.1. The molecule has 4 N–H and O–H groups in total. The highest BCUT2D eigenvalue weighted by Crippen LogP contribution is 2.26. The van der Waals surface area contributed by atoms with Gasteiger partial charge in [0.1, 0.15) is 5.65 Å². The van der Waals surface area contributed by atoms with Crippen molar-refractivity contribution in [1.29, 1.82) is 0 Å². The third-order valence-corrected chi connectivity index (χ3v) is 5.21. The van der Waals surface area contributed by atoms with E-state index in [0.717, 1.165) is 0 Å². The topological polar surface area (TPSA) is 149 Å². The first kappa shape index (κ1) is 22.3. The number of pyridine rings is 2. The van der Waals surface area contributed by atoms with Crippen LogP contribution in [0.3, 0.4) is 0 Å². The number of aromatic nitrogens is 5. The summed E-state index contributed by atoms with van der Waals surface area (Å²) in [6.07, 6.45) is 7.46. The van der Waals surface area contributed by atoms with E-state index in [1.165, 1.54) is 24.8 Å². The molecule has 1 atom stereocenters. The van der Waals surface area contributed by atoms with E-state index in [1.807, 2.05) is 0 Å². The summed E-state index contributed by atoms with van der Waals surface area (Å²) in [5, 5.41) is 13.3. The van der Waals surface area contributed by atoms with Crippen molar-refractivity contribution in [2.45, 2.75) is 19.4 Å². The maximum atomic E-state index is 13.3. The lowest BCUT2D eigenvalue weighted by molar-refractivity contribution is -0.115. The lowest BCUT2D eigenvalue weighted by Crippen LogP contribution is -2.15. The maximum absolute atomic E-state index is 13.3.